The number of carbonyl (C=O) groups excluding carboxylic acids is 1. The molecule has 0 spiro atoms. The number of hydrogen-bond donors (Lipinski definition) is 1. The minimum atomic E-state index is -0.315. The fourth-order valence-electron chi connectivity index (χ4n) is 1.61. The van der Waals surface area contributed by atoms with Crippen LogP contribution >= 0.6 is 0 Å². The second-order valence-electron chi connectivity index (χ2n) is 4.31. The van der Waals surface area contributed by atoms with Crippen LogP contribution in [0, 0.1) is 6.92 Å². The van der Waals surface area contributed by atoms with Crippen molar-refractivity contribution in [3.05, 3.63) is 29.8 Å². The van der Waals surface area contributed by atoms with Gasteiger partial charge in [-0.15, -0.1) is 5.10 Å². The van der Waals surface area contributed by atoms with E-state index in [1.807, 2.05) is 38.1 Å². The number of carbonyl (C=O) groups is 1. The maximum atomic E-state index is 11.7. The molecule has 106 valence electrons. The average molecular weight is 275 g/mol. The van der Waals surface area contributed by atoms with Gasteiger partial charge in [-0.05, 0) is 30.2 Å². The van der Waals surface area contributed by atoms with Crippen molar-refractivity contribution in [3.8, 4) is 5.75 Å². The van der Waals surface area contributed by atoms with E-state index in [1.54, 1.807) is 0 Å². The summed E-state index contributed by atoms with van der Waals surface area (Å²) in [5.74, 6) is 0.561. The summed E-state index contributed by atoms with van der Waals surface area (Å²) in [5, 5.41) is 14.1. The molecule has 1 aromatic carbocycles. The SMILES string of the molecule is CCCn1nnc(NC(=O)COc2ccccc2C)n1. The molecule has 1 heterocycles. The summed E-state index contributed by atoms with van der Waals surface area (Å²) in [7, 11) is 0. The third-order valence-corrected chi connectivity index (χ3v) is 2.58. The highest BCUT2D eigenvalue weighted by Gasteiger charge is 2.08. The molecule has 0 fully saturated rings. The van der Waals surface area contributed by atoms with Gasteiger partial charge in [-0.25, -0.2) is 0 Å². The lowest BCUT2D eigenvalue weighted by Crippen LogP contribution is -2.21. The van der Waals surface area contributed by atoms with E-state index < -0.39 is 0 Å². The van der Waals surface area contributed by atoms with Crippen LogP contribution in [0.25, 0.3) is 0 Å². The molecule has 0 aliphatic heterocycles. The predicted molar refractivity (Wildman–Crippen MR) is 73.4 cm³/mol. The summed E-state index contributed by atoms with van der Waals surface area (Å²) in [4.78, 5) is 13.2. The Bertz CT molecular complexity index is 582. The van der Waals surface area contributed by atoms with Crippen molar-refractivity contribution in [3.63, 3.8) is 0 Å². The lowest BCUT2D eigenvalue weighted by atomic mass is 10.2. The molecule has 1 N–H and O–H groups in total. The van der Waals surface area contributed by atoms with E-state index in [0.717, 1.165) is 12.0 Å². The quantitative estimate of drug-likeness (QED) is 0.862. The molecule has 2 rings (SSSR count). The number of aromatic nitrogens is 4. The number of hydrogen-bond acceptors (Lipinski definition) is 5. The maximum Gasteiger partial charge on any atom is 0.270 e. The Morgan fingerprint density at radius 1 is 1.40 bits per heavy atom. The van der Waals surface area contributed by atoms with Crippen molar-refractivity contribution in [1.29, 1.82) is 0 Å². The fourth-order valence-corrected chi connectivity index (χ4v) is 1.61. The van der Waals surface area contributed by atoms with Gasteiger partial charge in [-0.1, -0.05) is 30.2 Å². The molecule has 0 saturated heterocycles. The van der Waals surface area contributed by atoms with E-state index in [4.69, 9.17) is 4.74 Å². The first-order valence-electron chi connectivity index (χ1n) is 6.45. The zero-order valence-corrected chi connectivity index (χ0v) is 11.5. The predicted octanol–water partition coefficient (Wildman–Crippen LogP) is 1.41. The summed E-state index contributed by atoms with van der Waals surface area (Å²) in [6, 6.07) is 7.51. The van der Waals surface area contributed by atoms with Gasteiger partial charge in [0.05, 0.1) is 6.54 Å². The molecule has 0 atom stereocenters. The standard InChI is InChI=1S/C13H17N5O2/c1-3-8-18-16-13(15-17-18)14-12(19)9-20-11-7-5-4-6-10(11)2/h4-7H,3,8-9H2,1-2H3,(H,14,16,19). The number of ether oxygens (including phenoxy) is 1. The van der Waals surface area contributed by atoms with Gasteiger partial charge in [0.2, 0.25) is 0 Å². The molecule has 0 unspecified atom stereocenters. The lowest BCUT2D eigenvalue weighted by molar-refractivity contribution is -0.118. The van der Waals surface area contributed by atoms with Crippen molar-refractivity contribution < 1.29 is 9.53 Å². The van der Waals surface area contributed by atoms with Crippen molar-refractivity contribution in [1.82, 2.24) is 20.2 Å². The Morgan fingerprint density at radius 3 is 2.95 bits per heavy atom. The number of nitrogens with zero attached hydrogens (tertiary/aromatic N) is 4. The van der Waals surface area contributed by atoms with Gasteiger partial charge in [0.15, 0.2) is 6.61 Å². The number of amides is 1. The Kier molecular flexibility index (Phi) is 4.65. The van der Waals surface area contributed by atoms with Crippen molar-refractivity contribution in [2.45, 2.75) is 26.8 Å². The minimum Gasteiger partial charge on any atom is -0.483 e. The van der Waals surface area contributed by atoms with E-state index >= 15 is 0 Å². The molecule has 7 heteroatoms. The van der Waals surface area contributed by atoms with Crippen LogP contribution in [0.2, 0.25) is 0 Å². The van der Waals surface area contributed by atoms with E-state index in [0.29, 0.717) is 12.3 Å². The van der Waals surface area contributed by atoms with Crippen LogP contribution in [-0.4, -0.2) is 32.7 Å². The summed E-state index contributed by atoms with van der Waals surface area (Å²) in [5.41, 5.74) is 0.979. The van der Waals surface area contributed by atoms with E-state index in [-0.39, 0.29) is 18.5 Å². The Morgan fingerprint density at radius 2 is 2.20 bits per heavy atom. The number of rotatable bonds is 6. The van der Waals surface area contributed by atoms with Gasteiger partial charge in [-0.3, -0.25) is 10.1 Å². The monoisotopic (exact) mass is 275 g/mol. The summed E-state index contributed by atoms with van der Waals surface area (Å²) in [6.07, 6.45) is 0.903. The summed E-state index contributed by atoms with van der Waals surface area (Å²) in [6.45, 7) is 4.51. The van der Waals surface area contributed by atoms with Crippen molar-refractivity contribution >= 4 is 11.9 Å². The molecule has 0 aliphatic carbocycles. The Balaban J connectivity index is 1.84. The third-order valence-electron chi connectivity index (χ3n) is 2.58. The minimum absolute atomic E-state index is 0.0901. The number of anilines is 1. The van der Waals surface area contributed by atoms with Crippen molar-refractivity contribution in [2.24, 2.45) is 0 Å². The van der Waals surface area contributed by atoms with Gasteiger partial charge < -0.3 is 4.74 Å². The molecule has 0 bridgehead atoms. The van der Waals surface area contributed by atoms with Crippen LogP contribution in [0.4, 0.5) is 5.95 Å². The first-order valence-corrected chi connectivity index (χ1v) is 6.45. The zero-order valence-electron chi connectivity index (χ0n) is 11.5. The molecular weight excluding hydrogens is 258 g/mol. The highest BCUT2D eigenvalue weighted by molar-refractivity contribution is 5.90. The first kappa shape index (κ1) is 14.0. The average Bonchev–Trinajstić information content (AvgIpc) is 2.85. The number of nitrogens with one attached hydrogen (secondary N) is 1. The Hall–Kier alpha value is -2.44. The third kappa shape index (κ3) is 3.78. The maximum absolute atomic E-state index is 11.7. The molecule has 1 aromatic heterocycles. The largest absolute Gasteiger partial charge is 0.483 e. The molecule has 0 radical (unpaired) electrons. The van der Waals surface area contributed by atoms with Crippen molar-refractivity contribution in [2.75, 3.05) is 11.9 Å². The van der Waals surface area contributed by atoms with Crippen LogP contribution in [0.15, 0.2) is 24.3 Å². The van der Waals surface area contributed by atoms with Gasteiger partial charge in [-0.2, -0.15) is 4.80 Å². The smallest absolute Gasteiger partial charge is 0.270 e. The zero-order chi connectivity index (χ0) is 14.4. The topological polar surface area (TPSA) is 81.9 Å². The number of aryl methyl sites for hydroxylation is 2. The van der Waals surface area contributed by atoms with Gasteiger partial charge in [0.25, 0.3) is 11.9 Å². The second kappa shape index (κ2) is 6.65. The first-order chi connectivity index (χ1) is 9.69. The lowest BCUT2D eigenvalue weighted by Gasteiger charge is -2.07. The second-order valence-corrected chi connectivity index (χ2v) is 4.31. The highest BCUT2D eigenvalue weighted by atomic mass is 16.5. The van der Waals surface area contributed by atoms with Crippen LogP contribution in [0.5, 0.6) is 5.75 Å². The molecule has 20 heavy (non-hydrogen) atoms. The summed E-state index contributed by atoms with van der Waals surface area (Å²) >= 11 is 0. The van der Waals surface area contributed by atoms with Gasteiger partial charge in [0, 0.05) is 0 Å². The van der Waals surface area contributed by atoms with Crippen LogP contribution in [-0.2, 0) is 11.3 Å². The molecule has 1 amide bonds. The highest BCUT2D eigenvalue weighted by Crippen LogP contribution is 2.15. The number of para-hydroxylation sites is 1. The molecule has 2 aromatic rings. The van der Waals surface area contributed by atoms with Gasteiger partial charge in [0.1, 0.15) is 5.75 Å². The molecule has 0 aliphatic rings. The molecule has 7 nitrogen and oxygen atoms in total. The van der Waals surface area contributed by atoms with E-state index in [2.05, 4.69) is 20.7 Å². The fraction of sp³-hybridized carbons (Fsp3) is 0.385. The van der Waals surface area contributed by atoms with Gasteiger partial charge >= 0.3 is 0 Å². The van der Waals surface area contributed by atoms with Crippen LogP contribution < -0.4 is 10.1 Å². The number of tetrazole rings is 1. The van der Waals surface area contributed by atoms with Crippen LogP contribution in [0.1, 0.15) is 18.9 Å². The Labute approximate surface area is 116 Å². The van der Waals surface area contributed by atoms with Crippen LogP contribution in [0.3, 0.4) is 0 Å². The normalized spacial score (nSPS) is 10.3. The van der Waals surface area contributed by atoms with E-state index in [9.17, 15) is 4.79 Å². The molecular formula is C13H17N5O2. The summed E-state index contributed by atoms with van der Waals surface area (Å²) < 4.78 is 5.43. The number of benzene rings is 1. The molecule has 0 saturated carbocycles. The van der Waals surface area contributed by atoms with E-state index in [1.165, 1.54) is 4.80 Å².